The Morgan fingerprint density at radius 2 is 2.06 bits per heavy atom. The Bertz CT molecular complexity index is 563. The summed E-state index contributed by atoms with van der Waals surface area (Å²) in [5, 5.41) is 9.82. The Morgan fingerprint density at radius 1 is 1.41 bits per heavy atom. The Hall–Kier alpha value is -0.940. The normalized spacial score (nSPS) is 13.6. The maximum atomic E-state index is 13.4. The highest BCUT2D eigenvalue weighted by Gasteiger charge is 2.20. The van der Waals surface area contributed by atoms with Crippen LogP contribution in [0.4, 0.5) is 4.39 Å². The van der Waals surface area contributed by atoms with Crippen LogP contribution in [-0.2, 0) is 0 Å². The van der Waals surface area contributed by atoms with Crippen molar-refractivity contribution in [1.82, 2.24) is 9.38 Å². The van der Waals surface area contributed by atoms with Crippen LogP contribution in [0.15, 0.2) is 16.7 Å². The van der Waals surface area contributed by atoms with Gasteiger partial charge in [0.15, 0.2) is 5.65 Å². The summed E-state index contributed by atoms with van der Waals surface area (Å²) in [4.78, 5) is 4.46. The highest BCUT2D eigenvalue weighted by atomic mass is 79.9. The molecule has 92 valence electrons. The smallest absolute Gasteiger partial charge is 0.151 e. The SMILES string of the molecule is CC(C)c1nc2c(Br)cc(F)cn2c1C(C)O. The minimum atomic E-state index is -0.684. The zero-order valence-electron chi connectivity index (χ0n) is 9.91. The van der Waals surface area contributed by atoms with E-state index in [1.165, 1.54) is 12.3 Å². The molecule has 0 spiro atoms. The summed E-state index contributed by atoms with van der Waals surface area (Å²) in [5.41, 5.74) is 2.08. The number of imidazole rings is 1. The molecule has 0 bridgehead atoms. The van der Waals surface area contributed by atoms with Crippen LogP contribution in [0.25, 0.3) is 5.65 Å². The zero-order chi connectivity index (χ0) is 12.7. The first-order valence-electron chi connectivity index (χ1n) is 5.46. The number of pyridine rings is 1. The van der Waals surface area contributed by atoms with E-state index >= 15 is 0 Å². The number of rotatable bonds is 2. The van der Waals surface area contributed by atoms with Gasteiger partial charge < -0.3 is 5.11 Å². The molecule has 1 N–H and O–H groups in total. The lowest BCUT2D eigenvalue weighted by Gasteiger charge is -2.09. The molecule has 5 heteroatoms. The third kappa shape index (κ3) is 2.09. The quantitative estimate of drug-likeness (QED) is 0.923. The van der Waals surface area contributed by atoms with Gasteiger partial charge in [0.05, 0.1) is 22.0 Å². The Morgan fingerprint density at radius 3 is 2.59 bits per heavy atom. The van der Waals surface area contributed by atoms with Crippen molar-refractivity contribution in [1.29, 1.82) is 0 Å². The second kappa shape index (κ2) is 4.38. The van der Waals surface area contributed by atoms with Gasteiger partial charge in [0.25, 0.3) is 0 Å². The van der Waals surface area contributed by atoms with E-state index in [2.05, 4.69) is 20.9 Å². The number of aliphatic hydroxyl groups excluding tert-OH is 1. The van der Waals surface area contributed by atoms with Crippen LogP contribution >= 0.6 is 15.9 Å². The predicted octanol–water partition coefficient (Wildman–Crippen LogP) is 3.41. The highest BCUT2D eigenvalue weighted by molar-refractivity contribution is 9.10. The number of aromatic nitrogens is 2. The lowest BCUT2D eigenvalue weighted by Crippen LogP contribution is -2.03. The fraction of sp³-hybridized carbons (Fsp3) is 0.417. The summed E-state index contributed by atoms with van der Waals surface area (Å²) in [6.45, 7) is 5.66. The summed E-state index contributed by atoms with van der Waals surface area (Å²) < 4.78 is 15.6. The number of aliphatic hydroxyl groups is 1. The van der Waals surface area contributed by atoms with Crippen LogP contribution < -0.4 is 0 Å². The van der Waals surface area contributed by atoms with Crippen LogP contribution in [0.2, 0.25) is 0 Å². The molecule has 0 saturated carbocycles. The van der Waals surface area contributed by atoms with Crippen molar-refractivity contribution < 1.29 is 9.50 Å². The standard InChI is InChI=1S/C12H14BrFN2O/c1-6(2)10-11(7(3)17)16-5-8(14)4-9(13)12(16)15-10/h4-7,17H,1-3H3. The Balaban J connectivity index is 2.85. The lowest BCUT2D eigenvalue weighted by atomic mass is 10.1. The van der Waals surface area contributed by atoms with Gasteiger partial charge in [0.1, 0.15) is 5.82 Å². The van der Waals surface area contributed by atoms with Crippen molar-refractivity contribution in [3.05, 3.63) is 33.9 Å². The van der Waals surface area contributed by atoms with Gasteiger partial charge in [-0.1, -0.05) is 13.8 Å². The number of halogens is 2. The topological polar surface area (TPSA) is 37.5 Å². The fourth-order valence-corrected chi connectivity index (χ4v) is 2.45. The van der Waals surface area contributed by atoms with E-state index < -0.39 is 6.10 Å². The maximum absolute atomic E-state index is 13.4. The van der Waals surface area contributed by atoms with E-state index in [1.807, 2.05) is 13.8 Å². The van der Waals surface area contributed by atoms with Crippen LogP contribution in [0.5, 0.6) is 0 Å². The molecule has 2 rings (SSSR count). The van der Waals surface area contributed by atoms with E-state index in [1.54, 1.807) is 11.3 Å². The van der Waals surface area contributed by atoms with Gasteiger partial charge >= 0.3 is 0 Å². The fourth-order valence-electron chi connectivity index (χ4n) is 1.95. The van der Waals surface area contributed by atoms with Gasteiger partial charge in [-0.25, -0.2) is 9.37 Å². The molecule has 0 aliphatic rings. The molecule has 17 heavy (non-hydrogen) atoms. The minimum Gasteiger partial charge on any atom is -0.387 e. The van der Waals surface area contributed by atoms with E-state index in [0.29, 0.717) is 15.8 Å². The van der Waals surface area contributed by atoms with Crippen molar-refractivity contribution in [2.75, 3.05) is 0 Å². The van der Waals surface area contributed by atoms with Gasteiger partial charge in [-0.15, -0.1) is 0 Å². The summed E-state index contributed by atoms with van der Waals surface area (Å²) >= 11 is 3.29. The van der Waals surface area contributed by atoms with Crippen molar-refractivity contribution in [2.24, 2.45) is 0 Å². The summed E-state index contributed by atoms with van der Waals surface area (Å²) in [6.07, 6.45) is 0.664. The zero-order valence-corrected chi connectivity index (χ0v) is 11.5. The predicted molar refractivity (Wildman–Crippen MR) is 67.6 cm³/mol. The van der Waals surface area contributed by atoms with Crippen molar-refractivity contribution in [3.8, 4) is 0 Å². The van der Waals surface area contributed by atoms with Crippen LogP contribution in [0.1, 0.15) is 44.2 Å². The van der Waals surface area contributed by atoms with E-state index in [0.717, 1.165) is 5.69 Å². The molecule has 0 aliphatic carbocycles. The maximum Gasteiger partial charge on any atom is 0.151 e. The molecule has 0 amide bonds. The molecule has 0 saturated heterocycles. The molecule has 0 fully saturated rings. The minimum absolute atomic E-state index is 0.175. The number of hydrogen-bond donors (Lipinski definition) is 1. The molecule has 2 aromatic heterocycles. The largest absolute Gasteiger partial charge is 0.387 e. The first-order chi connectivity index (χ1) is 7.91. The van der Waals surface area contributed by atoms with Crippen molar-refractivity contribution in [2.45, 2.75) is 32.8 Å². The monoisotopic (exact) mass is 300 g/mol. The summed E-state index contributed by atoms with van der Waals surface area (Å²) in [5.74, 6) is -0.187. The third-order valence-electron chi connectivity index (χ3n) is 2.65. The Kier molecular flexibility index (Phi) is 3.23. The van der Waals surface area contributed by atoms with E-state index in [9.17, 15) is 9.50 Å². The van der Waals surface area contributed by atoms with E-state index in [-0.39, 0.29) is 11.7 Å². The molecular formula is C12H14BrFN2O. The molecule has 1 unspecified atom stereocenters. The third-order valence-corrected chi connectivity index (χ3v) is 3.23. The average Bonchev–Trinajstić information content (AvgIpc) is 2.56. The Labute approximate surface area is 107 Å². The first kappa shape index (κ1) is 12.5. The molecule has 2 heterocycles. The van der Waals surface area contributed by atoms with Crippen LogP contribution in [-0.4, -0.2) is 14.5 Å². The molecular weight excluding hydrogens is 287 g/mol. The van der Waals surface area contributed by atoms with Gasteiger partial charge in [-0.05, 0) is 34.8 Å². The van der Waals surface area contributed by atoms with Gasteiger partial charge in [0.2, 0.25) is 0 Å². The van der Waals surface area contributed by atoms with Crippen molar-refractivity contribution in [3.63, 3.8) is 0 Å². The average molecular weight is 301 g/mol. The number of fused-ring (bicyclic) bond motifs is 1. The number of nitrogens with zero attached hydrogens (tertiary/aromatic N) is 2. The van der Waals surface area contributed by atoms with Crippen LogP contribution in [0, 0.1) is 5.82 Å². The molecule has 0 radical (unpaired) electrons. The molecule has 0 aromatic carbocycles. The molecule has 2 aromatic rings. The second-order valence-electron chi connectivity index (χ2n) is 4.41. The van der Waals surface area contributed by atoms with Gasteiger partial charge in [-0.2, -0.15) is 0 Å². The van der Waals surface area contributed by atoms with Crippen LogP contribution in [0.3, 0.4) is 0 Å². The second-order valence-corrected chi connectivity index (χ2v) is 5.27. The molecule has 0 aliphatic heterocycles. The van der Waals surface area contributed by atoms with Gasteiger partial charge in [0, 0.05) is 6.20 Å². The summed E-state index contributed by atoms with van der Waals surface area (Å²) in [6, 6.07) is 1.37. The summed E-state index contributed by atoms with van der Waals surface area (Å²) in [7, 11) is 0. The highest BCUT2D eigenvalue weighted by Crippen LogP contribution is 2.29. The van der Waals surface area contributed by atoms with E-state index in [4.69, 9.17) is 0 Å². The molecule has 1 atom stereocenters. The molecule has 3 nitrogen and oxygen atoms in total. The van der Waals surface area contributed by atoms with Gasteiger partial charge in [-0.3, -0.25) is 4.40 Å². The lowest BCUT2D eigenvalue weighted by molar-refractivity contribution is 0.191. The van der Waals surface area contributed by atoms with Crippen molar-refractivity contribution >= 4 is 21.6 Å². The first-order valence-corrected chi connectivity index (χ1v) is 6.26. The number of hydrogen-bond acceptors (Lipinski definition) is 2.